The number of amides is 3. The Morgan fingerprint density at radius 3 is 2.20 bits per heavy atom. The lowest BCUT2D eigenvalue weighted by atomic mass is 10.1. The van der Waals surface area contributed by atoms with E-state index in [2.05, 4.69) is 15.5 Å². The van der Waals surface area contributed by atoms with Crippen molar-refractivity contribution >= 4 is 29.1 Å². The molecule has 0 saturated carbocycles. The molecule has 10 heteroatoms. The van der Waals surface area contributed by atoms with E-state index in [1.807, 2.05) is 23.1 Å². The maximum absolute atomic E-state index is 13.9. The Morgan fingerprint density at radius 1 is 0.659 bits per heavy atom. The largest absolute Gasteiger partial charge is 0.368 e. The van der Waals surface area contributed by atoms with Crippen molar-refractivity contribution in [1.82, 2.24) is 15.1 Å². The van der Waals surface area contributed by atoms with Gasteiger partial charge in [0.2, 0.25) is 0 Å². The Hall–Kier alpha value is -4.31. The molecule has 2 aliphatic rings. The minimum atomic E-state index is -1.12. The summed E-state index contributed by atoms with van der Waals surface area (Å²) in [7, 11) is 0. The van der Waals surface area contributed by atoms with Gasteiger partial charge in [0.15, 0.2) is 11.6 Å². The van der Waals surface area contributed by atoms with Crippen LogP contribution in [0.5, 0.6) is 0 Å². The summed E-state index contributed by atoms with van der Waals surface area (Å²) < 4.78 is 27.4. The van der Waals surface area contributed by atoms with Crippen molar-refractivity contribution in [2.75, 3.05) is 62.6 Å². The molecule has 2 saturated heterocycles. The standard InChI is InChI=1S/C31H33F2N5O3/c32-25-10-8-23(20-26(25)33)29(39)35-27-21-24(31(41)37-14-4-12-34-13-17-37)9-11-28(27)36-15-5-16-38(19-18-36)30(40)22-6-2-1-3-7-22/h1-3,6-11,20-21,34H,4-5,12-19H2,(H,35,39). The van der Waals surface area contributed by atoms with Gasteiger partial charge in [-0.25, -0.2) is 8.78 Å². The van der Waals surface area contributed by atoms with E-state index in [1.165, 1.54) is 6.07 Å². The molecule has 3 amide bonds. The van der Waals surface area contributed by atoms with Gasteiger partial charge >= 0.3 is 0 Å². The summed E-state index contributed by atoms with van der Waals surface area (Å²) in [6, 6.07) is 17.3. The highest BCUT2D eigenvalue weighted by molar-refractivity contribution is 6.07. The molecule has 0 atom stereocenters. The van der Waals surface area contributed by atoms with E-state index >= 15 is 0 Å². The summed E-state index contributed by atoms with van der Waals surface area (Å²) in [6.07, 6.45) is 1.55. The monoisotopic (exact) mass is 561 g/mol. The van der Waals surface area contributed by atoms with Crippen LogP contribution < -0.4 is 15.5 Å². The van der Waals surface area contributed by atoms with E-state index in [0.717, 1.165) is 25.1 Å². The number of anilines is 2. The second-order valence-corrected chi connectivity index (χ2v) is 10.2. The topological polar surface area (TPSA) is 85.0 Å². The van der Waals surface area contributed by atoms with Crippen molar-refractivity contribution < 1.29 is 23.2 Å². The van der Waals surface area contributed by atoms with E-state index in [1.54, 1.807) is 35.2 Å². The fourth-order valence-electron chi connectivity index (χ4n) is 5.23. The Labute approximate surface area is 237 Å². The Bertz CT molecular complexity index is 1410. The third-order valence-corrected chi connectivity index (χ3v) is 7.45. The van der Waals surface area contributed by atoms with Crippen LogP contribution in [0.2, 0.25) is 0 Å². The fourth-order valence-corrected chi connectivity index (χ4v) is 5.23. The molecule has 8 nitrogen and oxygen atoms in total. The van der Waals surface area contributed by atoms with E-state index in [-0.39, 0.29) is 17.4 Å². The van der Waals surface area contributed by atoms with Crippen LogP contribution in [0, 0.1) is 11.6 Å². The quantitative estimate of drug-likeness (QED) is 0.492. The normalized spacial score (nSPS) is 16.1. The van der Waals surface area contributed by atoms with Crippen molar-refractivity contribution in [3.63, 3.8) is 0 Å². The van der Waals surface area contributed by atoms with Crippen LogP contribution >= 0.6 is 0 Å². The van der Waals surface area contributed by atoms with Gasteiger partial charge in [-0.05, 0) is 67.9 Å². The minimum absolute atomic E-state index is 0.0350. The maximum atomic E-state index is 13.9. The molecule has 0 bridgehead atoms. The van der Waals surface area contributed by atoms with E-state index < -0.39 is 17.5 Å². The molecule has 3 aromatic carbocycles. The third kappa shape index (κ3) is 6.71. The highest BCUT2D eigenvalue weighted by Gasteiger charge is 2.24. The molecule has 2 N–H and O–H groups in total. The molecule has 41 heavy (non-hydrogen) atoms. The molecule has 0 aromatic heterocycles. The summed E-state index contributed by atoms with van der Waals surface area (Å²) in [4.78, 5) is 45.2. The number of benzene rings is 3. The van der Waals surface area contributed by atoms with Crippen LogP contribution in [-0.2, 0) is 0 Å². The second kappa shape index (κ2) is 12.9. The van der Waals surface area contributed by atoms with Gasteiger partial charge in [-0.2, -0.15) is 0 Å². The summed E-state index contributed by atoms with van der Waals surface area (Å²) in [5, 5.41) is 6.11. The smallest absolute Gasteiger partial charge is 0.255 e. The van der Waals surface area contributed by atoms with Crippen molar-refractivity contribution in [1.29, 1.82) is 0 Å². The van der Waals surface area contributed by atoms with E-state index in [4.69, 9.17) is 0 Å². The zero-order valence-corrected chi connectivity index (χ0v) is 22.7. The third-order valence-electron chi connectivity index (χ3n) is 7.45. The number of carbonyl (C=O) groups is 3. The first-order chi connectivity index (χ1) is 19.9. The molecule has 0 spiro atoms. The number of carbonyl (C=O) groups excluding carboxylic acids is 3. The Morgan fingerprint density at radius 2 is 1.39 bits per heavy atom. The van der Waals surface area contributed by atoms with E-state index in [9.17, 15) is 23.2 Å². The van der Waals surface area contributed by atoms with Gasteiger partial charge in [-0.1, -0.05) is 18.2 Å². The Kier molecular flexibility index (Phi) is 8.88. The van der Waals surface area contributed by atoms with Crippen LogP contribution in [-0.4, -0.2) is 79.9 Å². The predicted octanol–water partition coefficient (Wildman–Crippen LogP) is 4.01. The van der Waals surface area contributed by atoms with Gasteiger partial charge in [0.25, 0.3) is 17.7 Å². The zero-order chi connectivity index (χ0) is 28.8. The van der Waals surface area contributed by atoms with Crippen molar-refractivity contribution in [3.05, 3.63) is 95.1 Å². The lowest BCUT2D eigenvalue weighted by Gasteiger charge is -2.27. The SMILES string of the molecule is O=C(Nc1cc(C(=O)N2CCCNCC2)ccc1N1CCCN(C(=O)c2ccccc2)CC1)c1ccc(F)c(F)c1. The molecule has 0 aliphatic carbocycles. The van der Waals surface area contributed by atoms with Crippen molar-refractivity contribution in [2.45, 2.75) is 12.8 Å². The fraction of sp³-hybridized carbons (Fsp3) is 0.323. The number of halogens is 2. The molecule has 214 valence electrons. The van der Waals surface area contributed by atoms with Crippen molar-refractivity contribution in [3.8, 4) is 0 Å². The van der Waals surface area contributed by atoms with Gasteiger partial charge in [-0.15, -0.1) is 0 Å². The maximum Gasteiger partial charge on any atom is 0.255 e. The second-order valence-electron chi connectivity index (χ2n) is 10.2. The molecule has 0 radical (unpaired) electrons. The average molecular weight is 562 g/mol. The number of nitrogens with zero attached hydrogens (tertiary/aromatic N) is 3. The molecule has 2 aliphatic heterocycles. The Balaban J connectivity index is 1.41. The average Bonchev–Trinajstić information content (AvgIpc) is 3.42. The molecule has 2 heterocycles. The molecular formula is C31H33F2N5O3. The van der Waals surface area contributed by atoms with Gasteiger partial charge in [-0.3, -0.25) is 14.4 Å². The highest BCUT2D eigenvalue weighted by atomic mass is 19.2. The van der Waals surface area contributed by atoms with Gasteiger partial charge in [0.05, 0.1) is 11.4 Å². The van der Waals surface area contributed by atoms with Crippen LogP contribution in [0.1, 0.15) is 43.9 Å². The first-order valence-corrected chi connectivity index (χ1v) is 13.9. The molecule has 5 rings (SSSR count). The molecule has 2 fully saturated rings. The first kappa shape index (κ1) is 28.2. The highest BCUT2D eigenvalue weighted by Crippen LogP contribution is 2.30. The first-order valence-electron chi connectivity index (χ1n) is 13.9. The molecule has 0 unspecified atom stereocenters. The number of nitrogens with one attached hydrogen (secondary N) is 2. The minimum Gasteiger partial charge on any atom is -0.368 e. The predicted molar refractivity (Wildman–Crippen MR) is 153 cm³/mol. The van der Waals surface area contributed by atoms with Crippen LogP contribution in [0.25, 0.3) is 0 Å². The van der Waals surface area contributed by atoms with Crippen LogP contribution in [0.3, 0.4) is 0 Å². The number of hydrogen-bond donors (Lipinski definition) is 2. The van der Waals surface area contributed by atoms with E-state index in [0.29, 0.717) is 74.7 Å². The molecule has 3 aromatic rings. The van der Waals surface area contributed by atoms with Crippen LogP contribution in [0.4, 0.5) is 20.2 Å². The summed E-state index contributed by atoms with van der Waals surface area (Å²) in [5.74, 6) is -2.95. The number of hydrogen-bond acceptors (Lipinski definition) is 5. The van der Waals surface area contributed by atoms with Gasteiger partial charge in [0, 0.05) is 62.5 Å². The van der Waals surface area contributed by atoms with Gasteiger partial charge in [0.1, 0.15) is 0 Å². The lowest BCUT2D eigenvalue weighted by Crippen LogP contribution is -2.35. The zero-order valence-electron chi connectivity index (χ0n) is 22.7. The molecular weight excluding hydrogens is 528 g/mol. The summed E-state index contributed by atoms with van der Waals surface area (Å²) >= 11 is 0. The number of rotatable bonds is 5. The van der Waals surface area contributed by atoms with Crippen LogP contribution in [0.15, 0.2) is 66.7 Å². The van der Waals surface area contributed by atoms with Gasteiger partial charge < -0.3 is 25.3 Å². The lowest BCUT2D eigenvalue weighted by molar-refractivity contribution is 0.0759. The summed E-state index contributed by atoms with van der Waals surface area (Å²) in [6.45, 7) is 4.95. The van der Waals surface area contributed by atoms with Crippen molar-refractivity contribution in [2.24, 2.45) is 0 Å². The summed E-state index contributed by atoms with van der Waals surface area (Å²) in [5.41, 5.74) is 2.09.